The third kappa shape index (κ3) is 5.55. The number of nitrogens with one attached hydrogen (secondary N) is 2. The number of nitrogens with zero attached hydrogens (tertiary/aromatic N) is 1. The summed E-state index contributed by atoms with van der Waals surface area (Å²) < 4.78 is 0. The van der Waals surface area contributed by atoms with Crippen molar-refractivity contribution in [1.82, 2.24) is 15.5 Å². The van der Waals surface area contributed by atoms with E-state index < -0.39 is 0 Å². The first-order valence-electron chi connectivity index (χ1n) is 8.93. The summed E-state index contributed by atoms with van der Waals surface area (Å²) in [5.74, 6) is -0.100. The molecule has 0 radical (unpaired) electrons. The number of urea groups is 1. The van der Waals surface area contributed by atoms with Gasteiger partial charge in [0.05, 0.1) is 0 Å². The smallest absolute Gasteiger partial charge is 0.317 e. The van der Waals surface area contributed by atoms with E-state index in [1.807, 2.05) is 19.2 Å². The highest BCUT2D eigenvalue weighted by Crippen LogP contribution is 2.17. The highest BCUT2D eigenvalue weighted by Gasteiger charge is 2.16. The molecule has 24 heavy (non-hydrogen) atoms. The Morgan fingerprint density at radius 3 is 2.21 bits per heavy atom. The Bertz CT molecular complexity index is 534. The van der Waals surface area contributed by atoms with Crippen molar-refractivity contribution < 1.29 is 9.59 Å². The second kappa shape index (κ2) is 9.30. The molecular formula is C19H29N3O2. The normalized spacial score (nSPS) is 15.9. The van der Waals surface area contributed by atoms with Gasteiger partial charge in [0.25, 0.3) is 5.91 Å². The molecule has 132 valence electrons. The van der Waals surface area contributed by atoms with E-state index in [0.717, 1.165) is 18.4 Å². The minimum absolute atomic E-state index is 0.0176. The van der Waals surface area contributed by atoms with E-state index >= 15 is 0 Å². The van der Waals surface area contributed by atoms with Gasteiger partial charge in [-0.2, -0.15) is 0 Å². The first kappa shape index (κ1) is 18.3. The number of rotatable bonds is 4. The third-order valence-electron chi connectivity index (χ3n) is 4.64. The lowest BCUT2D eigenvalue weighted by Crippen LogP contribution is -2.43. The number of amides is 3. The van der Waals surface area contributed by atoms with Crippen LogP contribution < -0.4 is 10.6 Å². The van der Waals surface area contributed by atoms with Gasteiger partial charge in [0.1, 0.15) is 0 Å². The lowest BCUT2D eigenvalue weighted by Gasteiger charge is -2.25. The lowest BCUT2D eigenvalue weighted by atomic mass is 9.97. The number of benzene rings is 1. The monoisotopic (exact) mass is 331 g/mol. The average Bonchev–Trinajstić information content (AvgIpc) is 2.57. The van der Waals surface area contributed by atoms with Gasteiger partial charge in [-0.15, -0.1) is 0 Å². The molecule has 0 saturated heterocycles. The van der Waals surface area contributed by atoms with Crippen LogP contribution >= 0.6 is 0 Å². The fourth-order valence-electron chi connectivity index (χ4n) is 3.14. The molecule has 3 amide bonds. The highest BCUT2D eigenvalue weighted by atomic mass is 16.2. The second-order valence-corrected chi connectivity index (χ2v) is 6.62. The van der Waals surface area contributed by atoms with Crippen molar-refractivity contribution in [2.45, 2.75) is 57.5 Å². The molecule has 5 nitrogen and oxygen atoms in total. The van der Waals surface area contributed by atoms with Gasteiger partial charge >= 0.3 is 6.03 Å². The Balaban J connectivity index is 1.85. The van der Waals surface area contributed by atoms with E-state index in [1.54, 1.807) is 24.1 Å². The molecule has 2 rings (SSSR count). The Labute approximate surface area is 144 Å². The van der Waals surface area contributed by atoms with Gasteiger partial charge in [-0.05, 0) is 30.5 Å². The maximum Gasteiger partial charge on any atom is 0.317 e. The van der Waals surface area contributed by atoms with Gasteiger partial charge in [0.2, 0.25) is 0 Å². The summed E-state index contributed by atoms with van der Waals surface area (Å²) in [6.07, 6.45) is 8.46. The number of hydrogen-bond acceptors (Lipinski definition) is 2. The summed E-state index contributed by atoms with van der Waals surface area (Å²) in [6.45, 7) is 0.534. The Morgan fingerprint density at radius 2 is 1.62 bits per heavy atom. The molecule has 1 fully saturated rings. The second-order valence-electron chi connectivity index (χ2n) is 6.62. The van der Waals surface area contributed by atoms with Crippen LogP contribution in [0, 0.1) is 0 Å². The van der Waals surface area contributed by atoms with E-state index in [1.165, 1.54) is 32.1 Å². The predicted molar refractivity (Wildman–Crippen MR) is 95.9 cm³/mol. The third-order valence-corrected chi connectivity index (χ3v) is 4.64. The summed E-state index contributed by atoms with van der Waals surface area (Å²) in [5, 5.41) is 5.77. The molecule has 0 spiro atoms. The van der Waals surface area contributed by atoms with Gasteiger partial charge in [-0.25, -0.2) is 4.79 Å². The van der Waals surface area contributed by atoms with Crippen LogP contribution in [-0.2, 0) is 6.54 Å². The quantitative estimate of drug-likeness (QED) is 0.889. The summed E-state index contributed by atoms with van der Waals surface area (Å²) in [5.41, 5.74) is 1.64. The SMILES string of the molecule is CNC(=O)c1ccc(CN(C)C(=O)NC2CCCCCCC2)cc1. The van der Waals surface area contributed by atoms with Crippen molar-refractivity contribution in [2.75, 3.05) is 14.1 Å². The molecule has 1 saturated carbocycles. The summed E-state index contributed by atoms with van der Waals surface area (Å²) in [4.78, 5) is 25.6. The number of carbonyl (C=O) groups excluding carboxylic acids is 2. The summed E-state index contributed by atoms with van der Waals surface area (Å²) in [7, 11) is 3.43. The maximum atomic E-state index is 12.4. The molecule has 0 heterocycles. The number of carbonyl (C=O) groups is 2. The van der Waals surface area contributed by atoms with Crippen molar-refractivity contribution in [3.8, 4) is 0 Å². The van der Waals surface area contributed by atoms with Gasteiger partial charge in [0, 0.05) is 32.2 Å². The first-order valence-corrected chi connectivity index (χ1v) is 8.93. The van der Waals surface area contributed by atoms with Crippen LogP contribution in [0.15, 0.2) is 24.3 Å². The van der Waals surface area contributed by atoms with Gasteiger partial charge in [-0.1, -0.05) is 44.2 Å². The molecule has 1 aromatic rings. The van der Waals surface area contributed by atoms with Gasteiger partial charge < -0.3 is 15.5 Å². The summed E-state index contributed by atoms with van der Waals surface area (Å²) >= 11 is 0. The van der Waals surface area contributed by atoms with Crippen molar-refractivity contribution in [2.24, 2.45) is 0 Å². The van der Waals surface area contributed by atoms with Crippen LogP contribution in [0.5, 0.6) is 0 Å². The zero-order chi connectivity index (χ0) is 17.4. The lowest BCUT2D eigenvalue weighted by molar-refractivity contribution is 0.0963. The number of hydrogen-bond donors (Lipinski definition) is 2. The minimum Gasteiger partial charge on any atom is -0.355 e. The summed E-state index contributed by atoms with van der Waals surface area (Å²) in [6, 6.07) is 7.64. The Morgan fingerprint density at radius 1 is 1.04 bits per heavy atom. The standard InChI is InChI=1S/C19H29N3O2/c1-20-18(23)16-12-10-15(11-13-16)14-22(2)19(24)21-17-8-6-4-3-5-7-9-17/h10-13,17H,3-9,14H2,1-2H3,(H,20,23)(H,21,24). The van der Waals surface area contributed by atoms with Crippen LogP contribution in [0.3, 0.4) is 0 Å². The zero-order valence-corrected chi connectivity index (χ0v) is 14.8. The van der Waals surface area contributed by atoms with Crippen molar-refractivity contribution >= 4 is 11.9 Å². The van der Waals surface area contributed by atoms with E-state index in [4.69, 9.17) is 0 Å². The van der Waals surface area contributed by atoms with Crippen molar-refractivity contribution in [3.63, 3.8) is 0 Å². The van der Waals surface area contributed by atoms with Gasteiger partial charge in [-0.3, -0.25) is 4.79 Å². The fraction of sp³-hybridized carbons (Fsp3) is 0.579. The molecular weight excluding hydrogens is 302 g/mol. The van der Waals surface area contributed by atoms with Crippen LogP contribution in [-0.4, -0.2) is 37.0 Å². The van der Waals surface area contributed by atoms with Crippen LogP contribution in [0.2, 0.25) is 0 Å². The minimum atomic E-state index is -0.100. The zero-order valence-electron chi connectivity index (χ0n) is 14.8. The molecule has 2 N–H and O–H groups in total. The van der Waals surface area contributed by atoms with E-state index in [0.29, 0.717) is 18.2 Å². The van der Waals surface area contributed by atoms with Crippen LogP contribution in [0.25, 0.3) is 0 Å². The van der Waals surface area contributed by atoms with E-state index in [-0.39, 0.29) is 11.9 Å². The molecule has 5 heteroatoms. The van der Waals surface area contributed by atoms with Crippen LogP contribution in [0.4, 0.5) is 4.79 Å². The molecule has 1 aliphatic carbocycles. The molecule has 0 bridgehead atoms. The molecule has 0 aromatic heterocycles. The van der Waals surface area contributed by atoms with E-state index in [2.05, 4.69) is 10.6 Å². The Kier molecular flexibility index (Phi) is 7.09. The maximum absolute atomic E-state index is 12.4. The van der Waals surface area contributed by atoms with E-state index in [9.17, 15) is 9.59 Å². The molecule has 0 unspecified atom stereocenters. The van der Waals surface area contributed by atoms with Gasteiger partial charge in [0.15, 0.2) is 0 Å². The molecule has 0 atom stereocenters. The molecule has 0 aliphatic heterocycles. The molecule has 1 aromatic carbocycles. The Hall–Kier alpha value is -2.04. The largest absolute Gasteiger partial charge is 0.355 e. The van der Waals surface area contributed by atoms with Crippen molar-refractivity contribution in [1.29, 1.82) is 0 Å². The highest BCUT2D eigenvalue weighted by molar-refractivity contribution is 5.93. The topological polar surface area (TPSA) is 61.4 Å². The predicted octanol–water partition coefficient (Wildman–Crippen LogP) is 3.30. The first-order chi connectivity index (χ1) is 11.6. The molecule has 1 aliphatic rings. The van der Waals surface area contributed by atoms with Crippen molar-refractivity contribution in [3.05, 3.63) is 35.4 Å². The fourth-order valence-corrected chi connectivity index (χ4v) is 3.14. The van der Waals surface area contributed by atoms with Crippen LogP contribution in [0.1, 0.15) is 60.9 Å². The average molecular weight is 331 g/mol.